The Morgan fingerprint density at radius 2 is 2.20 bits per heavy atom. The number of nitrogens with one attached hydrogen (secondary N) is 2. The summed E-state index contributed by atoms with van der Waals surface area (Å²) < 4.78 is 1.11. The molecule has 0 saturated heterocycles. The maximum Gasteiger partial charge on any atom is 0.251 e. The van der Waals surface area contributed by atoms with Gasteiger partial charge in [-0.15, -0.1) is 11.3 Å². The average Bonchev–Trinajstić information content (AvgIpc) is 2.87. The number of thiophene rings is 1. The number of carbonyl (C=O) groups excluding carboxylic acids is 1. The fourth-order valence-electron chi connectivity index (χ4n) is 2.61. The summed E-state index contributed by atoms with van der Waals surface area (Å²) in [4.78, 5) is 12.0. The van der Waals surface area contributed by atoms with E-state index in [0.717, 1.165) is 33.4 Å². The van der Waals surface area contributed by atoms with Crippen LogP contribution in [0.2, 0.25) is 0 Å². The highest BCUT2D eigenvalue weighted by atomic mass is 79.9. The van der Waals surface area contributed by atoms with Crippen molar-refractivity contribution in [3.63, 3.8) is 0 Å². The number of rotatable bonds is 3. The molecule has 0 fully saturated rings. The number of halogens is 1. The smallest absolute Gasteiger partial charge is 0.251 e. The van der Waals surface area contributed by atoms with Crippen molar-refractivity contribution in [2.75, 3.05) is 13.6 Å². The summed E-state index contributed by atoms with van der Waals surface area (Å²) in [5.74, 6) is 0.0365. The normalized spacial score (nSPS) is 15.6. The molecule has 2 heterocycles. The molecule has 2 N–H and O–H groups in total. The lowest BCUT2D eigenvalue weighted by molar-refractivity contribution is 0.0946. The van der Waals surface area contributed by atoms with Crippen molar-refractivity contribution in [2.24, 2.45) is 0 Å². The molecule has 1 atom stereocenters. The minimum Gasteiger partial charge on any atom is -0.352 e. The highest BCUT2D eigenvalue weighted by Gasteiger charge is 2.20. The molecule has 20 heavy (non-hydrogen) atoms. The van der Waals surface area contributed by atoms with Gasteiger partial charge in [0.25, 0.3) is 5.91 Å². The Hall–Kier alpha value is -1.17. The predicted octanol–water partition coefficient (Wildman–Crippen LogP) is 3.11. The Morgan fingerprint density at radius 1 is 1.35 bits per heavy atom. The molecule has 104 valence electrons. The standard InChI is InChI=1S/C15H15BrN2OS/c1-17-14(11-7-13(16)20-8-11)10-3-2-9-4-5-18-15(19)12(9)6-10/h2-3,6-8,14,17H,4-5H2,1H3,(H,18,19). The van der Waals surface area contributed by atoms with Crippen molar-refractivity contribution in [3.05, 3.63) is 55.7 Å². The average molecular weight is 351 g/mol. The summed E-state index contributed by atoms with van der Waals surface area (Å²) in [5.41, 5.74) is 4.27. The molecule has 2 aromatic rings. The monoisotopic (exact) mass is 350 g/mol. The van der Waals surface area contributed by atoms with Gasteiger partial charge in [0.2, 0.25) is 0 Å². The second-order valence-electron chi connectivity index (χ2n) is 4.83. The number of hydrogen-bond acceptors (Lipinski definition) is 3. The lowest BCUT2D eigenvalue weighted by Crippen LogP contribution is -2.32. The van der Waals surface area contributed by atoms with Crippen LogP contribution < -0.4 is 10.6 Å². The van der Waals surface area contributed by atoms with Gasteiger partial charge in [-0.1, -0.05) is 12.1 Å². The Bertz CT molecular complexity index is 653. The van der Waals surface area contributed by atoms with Gasteiger partial charge in [-0.25, -0.2) is 0 Å². The summed E-state index contributed by atoms with van der Waals surface area (Å²) in [7, 11) is 1.94. The molecule has 5 heteroatoms. The molecule has 1 unspecified atom stereocenters. The lowest BCUT2D eigenvalue weighted by atomic mass is 9.93. The van der Waals surface area contributed by atoms with Crippen molar-refractivity contribution in [3.8, 4) is 0 Å². The Balaban J connectivity index is 2.00. The molecule has 3 rings (SSSR count). The van der Waals surface area contributed by atoms with Crippen molar-refractivity contribution in [1.29, 1.82) is 0 Å². The fraction of sp³-hybridized carbons (Fsp3) is 0.267. The van der Waals surface area contributed by atoms with Crippen LogP contribution in [0.15, 0.2) is 33.4 Å². The van der Waals surface area contributed by atoms with E-state index in [9.17, 15) is 4.79 Å². The van der Waals surface area contributed by atoms with E-state index in [4.69, 9.17) is 0 Å². The second-order valence-corrected chi connectivity index (χ2v) is 7.12. The van der Waals surface area contributed by atoms with E-state index >= 15 is 0 Å². The number of hydrogen-bond donors (Lipinski definition) is 2. The number of benzene rings is 1. The largest absolute Gasteiger partial charge is 0.352 e. The Kier molecular flexibility index (Phi) is 3.92. The van der Waals surface area contributed by atoms with E-state index in [-0.39, 0.29) is 11.9 Å². The third-order valence-corrected chi connectivity index (χ3v) is 5.12. The predicted molar refractivity (Wildman–Crippen MR) is 85.4 cm³/mol. The van der Waals surface area contributed by atoms with E-state index in [1.165, 1.54) is 5.56 Å². The van der Waals surface area contributed by atoms with Crippen LogP contribution in [0.3, 0.4) is 0 Å². The third-order valence-electron chi connectivity index (χ3n) is 3.60. The van der Waals surface area contributed by atoms with Gasteiger partial charge in [-0.05, 0) is 63.6 Å². The zero-order chi connectivity index (χ0) is 14.1. The van der Waals surface area contributed by atoms with E-state index in [2.05, 4.69) is 50.1 Å². The van der Waals surface area contributed by atoms with Crippen LogP contribution >= 0.6 is 27.3 Å². The van der Waals surface area contributed by atoms with Crippen LogP contribution in [0, 0.1) is 0 Å². The number of fused-ring (bicyclic) bond motifs is 1. The van der Waals surface area contributed by atoms with Gasteiger partial charge in [0, 0.05) is 12.1 Å². The molecule has 0 bridgehead atoms. The van der Waals surface area contributed by atoms with Gasteiger partial charge in [0.15, 0.2) is 0 Å². The van der Waals surface area contributed by atoms with Crippen LogP contribution in [0.5, 0.6) is 0 Å². The Morgan fingerprint density at radius 3 is 2.90 bits per heavy atom. The second kappa shape index (κ2) is 5.68. The molecule has 0 aliphatic carbocycles. The van der Waals surface area contributed by atoms with Gasteiger partial charge < -0.3 is 10.6 Å². The molecule has 1 aromatic heterocycles. The summed E-state index contributed by atoms with van der Waals surface area (Å²) in [6, 6.07) is 8.43. The summed E-state index contributed by atoms with van der Waals surface area (Å²) in [6.45, 7) is 0.734. The van der Waals surface area contributed by atoms with E-state index < -0.39 is 0 Å². The van der Waals surface area contributed by atoms with Crippen LogP contribution in [0.1, 0.15) is 33.1 Å². The minimum absolute atomic E-state index is 0.0365. The molecule has 1 aromatic carbocycles. The van der Waals surface area contributed by atoms with Gasteiger partial charge in [0.1, 0.15) is 0 Å². The molecule has 0 radical (unpaired) electrons. The first-order valence-electron chi connectivity index (χ1n) is 6.51. The van der Waals surface area contributed by atoms with Gasteiger partial charge >= 0.3 is 0 Å². The highest BCUT2D eigenvalue weighted by Crippen LogP contribution is 2.30. The van der Waals surface area contributed by atoms with Crippen LogP contribution in [-0.2, 0) is 6.42 Å². The molecule has 0 saturated carbocycles. The Labute approximate surface area is 130 Å². The molecular formula is C15H15BrN2OS. The maximum absolute atomic E-state index is 12.0. The van der Waals surface area contributed by atoms with Crippen molar-refractivity contribution < 1.29 is 4.79 Å². The summed E-state index contributed by atoms with van der Waals surface area (Å²) >= 11 is 5.17. The van der Waals surface area contributed by atoms with E-state index in [1.54, 1.807) is 11.3 Å². The summed E-state index contributed by atoms with van der Waals surface area (Å²) in [5, 5.41) is 8.35. The van der Waals surface area contributed by atoms with E-state index in [0.29, 0.717) is 0 Å². The fourth-order valence-corrected chi connectivity index (χ4v) is 3.81. The van der Waals surface area contributed by atoms with Crippen molar-refractivity contribution >= 4 is 33.2 Å². The number of amides is 1. The zero-order valence-electron chi connectivity index (χ0n) is 11.1. The lowest BCUT2D eigenvalue weighted by Gasteiger charge is -2.21. The highest BCUT2D eigenvalue weighted by molar-refractivity contribution is 9.11. The number of carbonyl (C=O) groups is 1. The first-order chi connectivity index (χ1) is 9.69. The molecule has 1 amide bonds. The van der Waals surface area contributed by atoms with Gasteiger partial charge in [0.05, 0.1) is 9.83 Å². The minimum atomic E-state index is 0.0365. The first-order valence-corrected chi connectivity index (χ1v) is 8.18. The topological polar surface area (TPSA) is 41.1 Å². The van der Waals surface area contributed by atoms with Crippen LogP contribution in [0.25, 0.3) is 0 Å². The van der Waals surface area contributed by atoms with Crippen molar-refractivity contribution in [1.82, 2.24) is 10.6 Å². The molecule has 0 spiro atoms. The quantitative estimate of drug-likeness (QED) is 0.892. The third kappa shape index (κ3) is 2.53. The van der Waals surface area contributed by atoms with Crippen LogP contribution in [0.4, 0.5) is 0 Å². The maximum atomic E-state index is 12.0. The SMILES string of the molecule is CNC(c1csc(Br)c1)c1ccc2c(c1)C(=O)NCC2. The van der Waals surface area contributed by atoms with Gasteiger partial charge in [-0.2, -0.15) is 0 Å². The summed E-state index contributed by atoms with van der Waals surface area (Å²) in [6.07, 6.45) is 0.912. The first kappa shape index (κ1) is 13.8. The molecule has 1 aliphatic rings. The van der Waals surface area contributed by atoms with Gasteiger partial charge in [-0.3, -0.25) is 4.79 Å². The van der Waals surface area contributed by atoms with Crippen molar-refractivity contribution in [2.45, 2.75) is 12.5 Å². The molecule has 3 nitrogen and oxygen atoms in total. The molecule has 1 aliphatic heterocycles. The zero-order valence-corrected chi connectivity index (χ0v) is 13.5. The molecular weight excluding hydrogens is 336 g/mol. The van der Waals surface area contributed by atoms with Crippen LogP contribution in [-0.4, -0.2) is 19.5 Å². The van der Waals surface area contributed by atoms with E-state index in [1.807, 2.05) is 13.1 Å².